The number of hydrogen-bond acceptors (Lipinski definition) is 6. The molecule has 0 bridgehead atoms. The third-order valence-corrected chi connectivity index (χ3v) is 4.48. The minimum atomic E-state index is -0.226. The molecular formula is C18H17ClN4O2. The van der Waals surface area contributed by atoms with Crippen LogP contribution in [0, 0.1) is 0 Å². The second-order valence-electron chi connectivity index (χ2n) is 5.80. The zero-order valence-corrected chi connectivity index (χ0v) is 14.3. The van der Waals surface area contributed by atoms with Crippen molar-refractivity contribution < 1.29 is 9.15 Å². The number of halogens is 1. The van der Waals surface area contributed by atoms with E-state index in [1.807, 2.05) is 24.3 Å². The standard InChI is InChI=1S/C18H17ClN4O2/c19-15-4-2-1-3-13(15)9-14-10-22-18(25-14)16-12-23(7-8-24-16)17-11-20-5-6-21-17/h1-6,10-11,16H,7-9,12H2. The molecule has 0 spiro atoms. The van der Waals surface area contributed by atoms with E-state index in [-0.39, 0.29) is 6.10 Å². The summed E-state index contributed by atoms with van der Waals surface area (Å²) in [5.74, 6) is 2.18. The van der Waals surface area contributed by atoms with Gasteiger partial charge in [-0.15, -0.1) is 0 Å². The van der Waals surface area contributed by atoms with Crippen LogP contribution < -0.4 is 4.90 Å². The van der Waals surface area contributed by atoms with Crippen molar-refractivity contribution in [3.63, 3.8) is 0 Å². The second-order valence-corrected chi connectivity index (χ2v) is 6.21. The maximum Gasteiger partial charge on any atom is 0.225 e. The van der Waals surface area contributed by atoms with Crippen molar-refractivity contribution in [2.45, 2.75) is 12.5 Å². The quantitative estimate of drug-likeness (QED) is 0.714. The molecule has 3 heterocycles. The Morgan fingerprint density at radius 3 is 2.92 bits per heavy atom. The summed E-state index contributed by atoms with van der Waals surface area (Å²) in [5.41, 5.74) is 1.01. The van der Waals surface area contributed by atoms with Crippen LogP contribution >= 0.6 is 11.6 Å². The van der Waals surface area contributed by atoms with E-state index >= 15 is 0 Å². The van der Waals surface area contributed by atoms with Gasteiger partial charge in [0.25, 0.3) is 0 Å². The van der Waals surface area contributed by atoms with Gasteiger partial charge in [0.1, 0.15) is 11.6 Å². The summed E-state index contributed by atoms with van der Waals surface area (Å²) in [6.07, 6.45) is 7.22. The smallest absolute Gasteiger partial charge is 0.225 e. The molecule has 128 valence electrons. The molecule has 1 aliphatic heterocycles. The van der Waals surface area contributed by atoms with Crippen molar-refractivity contribution in [1.82, 2.24) is 15.0 Å². The lowest BCUT2D eigenvalue weighted by atomic mass is 10.1. The van der Waals surface area contributed by atoms with Gasteiger partial charge in [0, 0.05) is 30.4 Å². The van der Waals surface area contributed by atoms with Gasteiger partial charge in [-0.05, 0) is 11.6 Å². The summed E-state index contributed by atoms with van der Waals surface area (Å²) >= 11 is 6.21. The zero-order valence-electron chi connectivity index (χ0n) is 13.5. The van der Waals surface area contributed by atoms with Crippen molar-refractivity contribution in [2.24, 2.45) is 0 Å². The fourth-order valence-corrected chi connectivity index (χ4v) is 3.05. The number of anilines is 1. The highest BCUT2D eigenvalue weighted by atomic mass is 35.5. The lowest BCUT2D eigenvalue weighted by Gasteiger charge is -2.31. The number of morpholine rings is 1. The summed E-state index contributed by atoms with van der Waals surface area (Å²) in [4.78, 5) is 15.0. The summed E-state index contributed by atoms with van der Waals surface area (Å²) in [6.45, 7) is 1.98. The molecule has 1 unspecified atom stereocenters. The monoisotopic (exact) mass is 356 g/mol. The number of hydrogen-bond donors (Lipinski definition) is 0. The lowest BCUT2D eigenvalue weighted by molar-refractivity contribution is 0.0214. The normalized spacial score (nSPS) is 17.6. The van der Waals surface area contributed by atoms with Gasteiger partial charge in [0.05, 0.1) is 25.5 Å². The Labute approximate surface area is 150 Å². The highest BCUT2D eigenvalue weighted by molar-refractivity contribution is 6.31. The molecule has 7 heteroatoms. The molecule has 25 heavy (non-hydrogen) atoms. The van der Waals surface area contributed by atoms with Gasteiger partial charge in [0.15, 0.2) is 6.10 Å². The zero-order chi connectivity index (χ0) is 17.1. The van der Waals surface area contributed by atoms with Crippen molar-refractivity contribution in [3.8, 4) is 0 Å². The van der Waals surface area contributed by atoms with Gasteiger partial charge >= 0.3 is 0 Å². The molecule has 1 atom stereocenters. The van der Waals surface area contributed by atoms with Crippen molar-refractivity contribution in [3.05, 3.63) is 71.3 Å². The first-order valence-electron chi connectivity index (χ1n) is 8.10. The van der Waals surface area contributed by atoms with E-state index in [2.05, 4.69) is 19.9 Å². The SMILES string of the molecule is Clc1ccccc1Cc1cnc(C2CN(c3cnccn3)CCO2)o1. The first-order valence-corrected chi connectivity index (χ1v) is 8.48. The molecule has 6 nitrogen and oxygen atoms in total. The Morgan fingerprint density at radius 1 is 1.16 bits per heavy atom. The van der Waals surface area contributed by atoms with Crippen molar-refractivity contribution >= 4 is 17.4 Å². The highest BCUT2D eigenvalue weighted by Gasteiger charge is 2.26. The van der Waals surface area contributed by atoms with E-state index in [9.17, 15) is 0 Å². The Balaban J connectivity index is 1.47. The number of aromatic nitrogens is 3. The minimum absolute atomic E-state index is 0.226. The first-order chi connectivity index (χ1) is 12.3. The summed E-state index contributed by atoms with van der Waals surface area (Å²) in [5, 5.41) is 0.725. The van der Waals surface area contributed by atoms with Crippen molar-refractivity contribution in [1.29, 1.82) is 0 Å². The van der Waals surface area contributed by atoms with E-state index in [0.717, 1.165) is 28.7 Å². The van der Waals surface area contributed by atoms with Crippen LogP contribution in [0.4, 0.5) is 5.82 Å². The van der Waals surface area contributed by atoms with E-state index in [1.165, 1.54) is 0 Å². The van der Waals surface area contributed by atoms with Crippen LogP contribution in [0.15, 0.2) is 53.5 Å². The number of rotatable bonds is 4. The van der Waals surface area contributed by atoms with Crippen molar-refractivity contribution in [2.75, 3.05) is 24.6 Å². The fraction of sp³-hybridized carbons (Fsp3) is 0.278. The Hall–Kier alpha value is -2.44. The van der Waals surface area contributed by atoms with Crippen LogP contribution in [0.5, 0.6) is 0 Å². The Bertz CT molecular complexity index is 840. The molecule has 0 aliphatic carbocycles. The number of nitrogens with zero attached hydrogens (tertiary/aromatic N) is 4. The molecule has 3 aromatic rings. The fourth-order valence-electron chi connectivity index (χ4n) is 2.84. The molecule has 4 rings (SSSR count). The molecule has 1 fully saturated rings. The van der Waals surface area contributed by atoms with Gasteiger partial charge < -0.3 is 14.1 Å². The molecule has 0 saturated carbocycles. The van der Waals surface area contributed by atoms with Crippen LogP contribution in [-0.4, -0.2) is 34.6 Å². The molecular weight excluding hydrogens is 340 g/mol. The molecule has 0 radical (unpaired) electrons. The molecule has 0 N–H and O–H groups in total. The predicted molar refractivity (Wildman–Crippen MR) is 93.7 cm³/mol. The summed E-state index contributed by atoms with van der Waals surface area (Å²) in [6, 6.07) is 7.73. The molecule has 1 saturated heterocycles. The first kappa shape index (κ1) is 16.1. The van der Waals surface area contributed by atoms with Crippen LogP contribution in [-0.2, 0) is 11.2 Å². The Kier molecular flexibility index (Phi) is 4.63. The lowest BCUT2D eigenvalue weighted by Crippen LogP contribution is -2.39. The maximum absolute atomic E-state index is 6.21. The summed E-state index contributed by atoms with van der Waals surface area (Å²) < 4.78 is 11.7. The Morgan fingerprint density at radius 2 is 2.08 bits per heavy atom. The average molecular weight is 357 g/mol. The predicted octanol–water partition coefficient (Wildman–Crippen LogP) is 3.29. The van der Waals surface area contributed by atoms with E-state index in [4.69, 9.17) is 20.8 Å². The second kappa shape index (κ2) is 7.21. The van der Waals surface area contributed by atoms with E-state index < -0.39 is 0 Å². The highest BCUT2D eigenvalue weighted by Crippen LogP contribution is 2.26. The number of benzene rings is 1. The van der Waals surface area contributed by atoms with Crippen LogP contribution in [0.2, 0.25) is 5.02 Å². The van der Waals surface area contributed by atoms with Gasteiger partial charge in [-0.25, -0.2) is 9.97 Å². The van der Waals surface area contributed by atoms with Gasteiger partial charge in [-0.1, -0.05) is 29.8 Å². The molecule has 0 amide bonds. The maximum atomic E-state index is 6.21. The van der Waals surface area contributed by atoms with Crippen LogP contribution in [0.25, 0.3) is 0 Å². The van der Waals surface area contributed by atoms with Crippen LogP contribution in [0.1, 0.15) is 23.3 Å². The third kappa shape index (κ3) is 3.65. The van der Waals surface area contributed by atoms with Gasteiger partial charge in [0.2, 0.25) is 5.89 Å². The molecule has 2 aromatic heterocycles. The van der Waals surface area contributed by atoms with Crippen LogP contribution in [0.3, 0.4) is 0 Å². The largest absolute Gasteiger partial charge is 0.442 e. The molecule has 1 aromatic carbocycles. The topological polar surface area (TPSA) is 64.3 Å². The average Bonchev–Trinajstić information content (AvgIpc) is 3.13. The molecule has 1 aliphatic rings. The van der Waals surface area contributed by atoms with E-state index in [0.29, 0.717) is 25.5 Å². The number of ether oxygens (including phenoxy) is 1. The third-order valence-electron chi connectivity index (χ3n) is 4.11. The van der Waals surface area contributed by atoms with E-state index in [1.54, 1.807) is 24.8 Å². The van der Waals surface area contributed by atoms with Gasteiger partial charge in [-0.2, -0.15) is 0 Å². The minimum Gasteiger partial charge on any atom is -0.442 e. The number of oxazole rings is 1. The van der Waals surface area contributed by atoms with Gasteiger partial charge in [-0.3, -0.25) is 4.98 Å². The summed E-state index contributed by atoms with van der Waals surface area (Å²) in [7, 11) is 0.